The quantitative estimate of drug-likeness (QED) is 0.858. The highest BCUT2D eigenvalue weighted by molar-refractivity contribution is 7.22. The summed E-state index contributed by atoms with van der Waals surface area (Å²) in [4.78, 5) is 16.4. The van der Waals surface area contributed by atoms with Gasteiger partial charge >= 0.3 is 0 Å². The van der Waals surface area contributed by atoms with Crippen LogP contribution >= 0.6 is 11.3 Å². The lowest BCUT2D eigenvalue weighted by Gasteiger charge is -2.10. The molecule has 0 fully saturated rings. The summed E-state index contributed by atoms with van der Waals surface area (Å²) in [6, 6.07) is 5.71. The fourth-order valence-corrected chi connectivity index (χ4v) is 2.78. The van der Waals surface area contributed by atoms with E-state index in [9.17, 15) is 4.79 Å². The summed E-state index contributed by atoms with van der Waals surface area (Å²) in [7, 11) is 0. The third-order valence-corrected chi connectivity index (χ3v) is 3.98. The molecule has 108 valence electrons. The van der Waals surface area contributed by atoms with Crippen LogP contribution in [-0.2, 0) is 4.79 Å². The minimum atomic E-state index is -0.166. The van der Waals surface area contributed by atoms with Crippen molar-refractivity contribution in [1.82, 2.24) is 4.98 Å². The van der Waals surface area contributed by atoms with Crippen LogP contribution in [0.5, 0.6) is 5.75 Å². The molecule has 0 bridgehead atoms. The highest BCUT2D eigenvalue weighted by atomic mass is 32.1. The molecule has 0 aliphatic carbocycles. The first-order valence-electron chi connectivity index (χ1n) is 6.72. The fraction of sp³-hybridized carbons (Fsp3) is 0.429. The van der Waals surface area contributed by atoms with Crippen LogP contribution in [0.4, 0.5) is 5.13 Å². The number of carbonyl (C=O) groups excluding carboxylic acids is 1. The van der Waals surface area contributed by atoms with Crippen LogP contribution in [0.3, 0.4) is 0 Å². The van der Waals surface area contributed by atoms with E-state index < -0.39 is 0 Å². The maximum Gasteiger partial charge on any atom is 0.230 e. The molecule has 0 aliphatic rings. The molecule has 0 spiro atoms. The molecule has 1 heterocycles. The summed E-state index contributed by atoms with van der Waals surface area (Å²) in [5.74, 6) is 0.579. The van der Waals surface area contributed by atoms with Gasteiger partial charge in [0.15, 0.2) is 5.13 Å². The predicted molar refractivity (Wildman–Crippen MR) is 82.3 cm³/mol. The molecule has 1 unspecified atom stereocenters. The van der Waals surface area contributed by atoms with Crippen molar-refractivity contribution in [3.63, 3.8) is 0 Å². The van der Waals surface area contributed by atoms with E-state index in [0.29, 0.717) is 18.3 Å². The number of thiazole rings is 1. The maximum atomic E-state index is 12.0. The van der Waals surface area contributed by atoms with Crippen molar-refractivity contribution in [1.29, 1.82) is 0 Å². The van der Waals surface area contributed by atoms with E-state index in [1.165, 1.54) is 11.3 Å². The Kier molecular flexibility index (Phi) is 4.92. The molecule has 1 atom stereocenters. The smallest absolute Gasteiger partial charge is 0.230 e. The minimum absolute atomic E-state index is 0.0703. The summed E-state index contributed by atoms with van der Waals surface area (Å²) >= 11 is 1.44. The normalized spacial score (nSPS) is 12.3. The highest BCUT2D eigenvalue weighted by Gasteiger charge is 2.16. The second kappa shape index (κ2) is 6.67. The van der Waals surface area contributed by atoms with Crippen LogP contribution in [0.25, 0.3) is 10.2 Å². The lowest BCUT2D eigenvalue weighted by molar-refractivity contribution is -0.119. The Morgan fingerprint density at radius 3 is 2.95 bits per heavy atom. The number of hydrogen-bond acceptors (Lipinski definition) is 5. The lowest BCUT2D eigenvalue weighted by atomic mass is 10.1. The van der Waals surface area contributed by atoms with E-state index in [1.54, 1.807) is 0 Å². The first-order chi connectivity index (χ1) is 9.67. The third-order valence-electron chi connectivity index (χ3n) is 3.05. The summed E-state index contributed by atoms with van der Waals surface area (Å²) in [5.41, 5.74) is 6.43. The number of fused-ring (bicyclic) bond motifs is 1. The Balaban J connectivity index is 2.17. The number of anilines is 1. The van der Waals surface area contributed by atoms with Crippen molar-refractivity contribution in [3.05, 3.63) is 18.2 Å². The summed E-state index contributed by atoms with van der Waals surface area (Å²) in [6.45, 7) is 4.87. The van der Waals surface area contributed by atoms with Crippen LogP contribution in [0.15, 0.2) is 18.2 Å². The van der Waals surface area contributed by atoms with Gasteiger partial charge in [-0.15, -0.1) is 0 Å². The Morgan fingerprint density at radius 2 is 2.30 bits per heavy atom. The van der Waals surface area contributed by atoms with E-state index in [-0.39, 0.29) is 11.8 Å². The van der Waals surface area contributed by atoms with Crippen molar-refractivity contribution in [2.75, 3.05) is 18.5 Å². The molecule has 3 N–H and O–H groups in total. The molecule has 1 amide bonds. The number of nitrogens with zero attached hydrogens (tertiary/aromatic N) is 1. The summed E-state index contributed by atoms with van der Waals surface area (Å²) in [6.07, 6.45) is 0.724. The van der Waals surface area contributed by atoms with E-state index in [0.717, 1.165) is 22.4 Å². The van der Waals surface area contributed by atoms with E-state index in [1.807, 2.05) is 32.0 Å². The number of amides is 1. The molecule has 20 heavy (non-hydrogen) atoms. The second-order valence-electron chi connectivity index (χ2n) is 4.41. The molecule has 1 aromatic heterocycles. The monoisotopic (exact) mass is 293 g/mol. The minimum Gasteiger partial charge on any atom is -0.494 e. The molecular weight excluding hydrogens is 274 g/mol. The SMILES string of the molecule is CCOc1ccc2nc(NC(=O)C(CC)CN)sc2c1. The van der Waals surface area contributed by atoms with Crippen LogP contribution in [-0.4, -0.2) is 24.0 Å². The molecular formula is C14H19N3O2S. The average molecular weight is 293 g/mol. The molecule has 0 saturated heterocycles. The van der Waals surface area contributed by atoms with Gasteiger partial charge in [-0.3, -0.25) is 4.79 Å². The first-order valence-corrected chi connectivity index (χ1v) is 7.53. The molecule has 6 heteroatoms. The van der Waals surface area contributed by atoms with Gasteiger partial charge in [0, 0.05) is 6.54 Å². The Morgan fingerprint density at radius 1 is 1.50 bits per heavy atom. The average Bonchev–Trinajstić information content (AvgIpc) is 2.82. The van der Waals surface area contributed by atoms with Gasteiger partial charge < -0.3 is 15.8 Å². The number of nitrogens with two attached hydrogens (primary N) is 1. The molecule has 0 aliphatic heterocycles. The number of aromatic nitrogens is 1. The second-order valence-corrected chi connectivity index (χ2v) is 5.44. The van der Waals surface area contributed by atoms with Crippen molar-refractivity contribution < 1.29 is 9.53 Å². The zero-order valence-electron chi connectivity index (χ0n) is 11.7. The third kappa shape index (κ3) is 3.26. The van der Waals surface area contributed by atoms with Gasteiger partial charge in [-0.1, -0.05) is 18.3 Å². The summed E-state index contributed by atoms with van der Waals surface area (Å²) in [5, 5.41) is 3.43. The standard InChI is InChI=1S/C14H19N3O2S/c1-3-9(8-15)13(18)17-14-16-11-6-5-10(19-4-2)7-12(11)20-14/h5-7,9H,3-4,8,15H2,1-2H3,(H,16,17,18). The molecule has 2 aromatic rings. The predicted octanol–water partition coefficient (Wildman–Crippen LogP) is 2.62. The van der Waals surface area contributed by atoms with Gasteiger partial charge in [-0.2, -0.15) is 0 Å². The summed E-state index contributed by atoms with van der Waals surface area (Å²) < 4.78 is 6.44. The number of rotatable bonds is 6. The molecule has 0 radical (unpaired) electrons. The van der Waals surface area contributed by atoms with Crippen LogP contribution in [0, 0.1) is 5.92 Å². The van der Waals surface area contributed by atoms with E-state index >= 15 is 0 Å². The van der Waals surface area contributed by atoms with Crippen LogP contribution in [0.2, 0.25) is 0 Å². The Labute approximate surface area is 122 Å². The van der Waals surface area contributed by atoms with Gasteiger partial charge in [0.2, 0.25) is 5.91 Å². The first kappa shape index (κ1) is 14.7. The number of carbonyl (C=O) groups is 1. The molecule has 0 saturated carbocycles. The zero-order chi connectivity index (χ0) is 14.5. The van der Waals surface area contributed by atoms with Crippen molar-refractivity contribution >= 4 is 32.6 Å². The Hall–Kier alpha value is -1.66. The number of ether oxygens (including phenoxy) is 1. The molecule has 1 aromatic carbocycles. The number of nitrogens with one attached hydrogen (secondary N) is 1. The zero-order valence-corrected chi connectivity index (χ0v) is 12.5. The van der Waals surface area contributed by atoms with Crippen molar-refractivity contribution in [2.24, 2.45) is 11.7 Å². The lowest BCUT2D eigenvalue weighted by Crippen LogP contribution is -2.28. The van der Waals surface area contributed by atoms with Crippen molar-refractivity contribution in [2.45, 2.75) is 20.3 Å². The molecule has 2 rings (SSSR count). The topological polar surface area (TPSA) is 77.2 Å². The van der Waals surface area contributed by atoms with Crippen molar-refractivity contribution in [3.8, 4) is 5.75 Å². The Bertz CT molecular complexity index is 593. The van der Waals surface area contributed by atoms with E-state index in [4.69, 9.17) is 10.5 Å². The number of benzene rings is 1. The van der Waals surface area contributed by atoms with Gasteiger partial charge in [0.05, 0.1) is 22.7 Å². The van der Waals surface area contributed by atoms with Gasteiger partial charge in [-0.05, 0) is 31.5 Å². The van der Waals surface area contributed by atoms with E-state index in [2.05, 4.69) is 10.3 Å². The van der Waals surface area contributed by atoms with Crippen LogP contribution < -0.4 is 15.8 Å². The number of hydrogen-bond donors (Lipinski definition) is 2. The van der Waals surface area contributed by atoms with Gasteiger partial charge in [0.1, 0.15) is 5.75 Å². The molecule has 5 nitrogen and oxygen atoms in total. The van der Waals surface area contributed by atoms with Gasteiger partial charge in [-0.25, -0.2) is 4.98 Å². The van der Waals surface area contributed by atoms with Gasteiger partial charge in [0.25, 0.3) is 0 Å². The fourth-order valence-electron chi connectivity index (χ4n) is 1.88. The maximum absolute atomic E-state index is 12.0. The highest BCUT2D eigenvalue weighted by Crippen LogP contribution is 2.29. The largest absolute Gasteiger partial charge is 0.494 e. The van der Waals surface area contributed by atoms with Crippen LogP contribution in [0.1, 0.15) is 20.3 Å².